The van der Waals surface area contributed by atoms with E-state index in [4.69, 9.17) is 10.3 Å². The first-order valence-corrected chi connectivity index (χ1v) is 6.76. The highest BCUT2D eigenvalue weighted by Gasteiger charge is 2.28. The third kappa shape index (κ3) is 2.47. The molecule has 0 spiro atoms. The number of carbonyl (C=O) groups excluding carboxylic acids is 1. The van der Waals surface area contributed by atoms with Crippen LogP contribution in [-0.2, 0) is 5.75 Å². The van der Waals surface area contributed by atoms with Crippen LogP contribution in [-0.4, -0.2) is 26.1 Å². The van der Waals surface area contributed by atoms with Crippen molar-refractivity contribution in [2.75, 3.05) is 0 Å². The molecule has 8 nitrogen and oxygen atoms in total. The Morgan fingerprint density at radius 1 is 1.63 bits per heavy atom. The lowest BCUT2D eigenvalue weighted by Crippen LogP contribution is -2.30. The largest absolute Gasteiger partial charge is 0.468 e. The van der Waals surface area contributed by atoms with Crippen LogP contribution in [0.1, 0.15) is 35.0 Å². The number of nitrogen functional groups attached to an aromatic ring is 1. The molecule has 0 aliphatic heterocycles. The van der Waals surface area contributed by atoms with Gasteiger partial charge in [-0.3, -0.25) is 10.2 Å². The average Bonchev–Trinajstić information content (AvgIpc) is 2.99. The minimum atomic E-state index is -0.369. The summed E-state index contributed by atoms with van der Waals surface area (Å²) < 4.78 is 7.10. The third-order valence-corrected chi connectivity index (χ3v) is 3.74. The van der Waals surface area contributed by atoms with Crippen LogP contribution in [0, 0.1) is 0 Å². The molecule has 2 aromatic heterocycles. The summed E-state index contributed by atoms with van der Waals surface area (Å²) in [5.41, 5.74) is 2.52. The number of amides is 1. The van der Waals surface area contributed by atoms with Crippen LogP contribution in [0.2, 0.25) is 0 Å². The SMILES string of the molecule is NNC(=O)c1ccoc1CSc1nnnn1C1CC1. The normalized spacial score (nSPS) is 14.6. The first-order chi connectivity index (χ1) is 9.29. The molecule has 2 aromatic rings. The molecular weight excluding hydrogens is 268 g/mol. The first kappa shape index (κ1) is 12.2. The summed E-state index contributed by atoms with van der Waals surface area (Å²) in [5, 5.41) is 12.3. The first-order valence-electron chi connectivity index (χ1n) is 5.77. The Morgan fingerprint density at radius 3 is 3.21 bits per heavy atom. The maximum atomic E-state index is 11.5. The predicted molar refractivity (Wildman–Crippen MR) is 66.0 cm³/mol. The number of aromatic nitrogens is 4. The van der Waals surface area contributed by atoms with Gasteiger partial charge in [0.15, 0.2) is 0 Å². The zero-order valence-corrected chi connectivity index (χ0v) is 10.8. The molecular formula is C10H12N6O2S. The lowest BCUT2D eigenvalue weighted by atomic mass is 10.2. The van der Waals surface area contributed by atoms with Crippen molar-refractivity contribution in [1.82, 2.24) is 25.6 Å². The Labute approximate surface area is 112 Å². The molecule has 19 heavy (non-hydrogen) atoms. The van der Waals surface area contributed by atoms with Crippen LogP contribution < -0.4 is 11.3 Å². The quantitative estimate of drug-likeness (QED) is 0.355. The highest BCUT2D eigenvalue weighted by Crippen LogP contribution is 2.37. The standard InChI is InChI=1S/C10H12N6O2S/c11-12-9(17)7-3-4-18-8(7)5-19-10-13-14-15-16(10)6-1-2-6/h3-4,6H,1-2,5,11H2,(H,12,17). The number of hydrogen-bond donors (Lipinski definition) is 2. The van der Waals surface area contributed by atoms with Crippen LogP contribution >= 0.6 is 11.8 Å². The number of nitrogens with zero attached hydrogens (tertiary/aromatic N) is 4. The fourth-order valence-electron chi connectivity index (χ4n) is 1.69. The van der Waals surface area contributed by atoms with Gasteiger partial charge in [0.1, 0.15) is 5.76 Å². The molecule has 3 N–H and O–H groups in total. The summed E-state index contributed by atoms with van der Waals surface area (Å²) in [4.78, 5) is 11.5. The minimum absolute atomic E-state index is 0.369. The van der Waals surface area contributed by atoms with Gasteiger partial charge in [0.25, 0.3) is 5.91 Å². The molecule has 3 rings (SSSR count). The van der Waals surface area contributed by atoms with Gasteiger partial charge in [-0.1, -0.05) is 11.8 Å². The summed E-state index contributed by atoms with van der Waals surface area (Å²) in [6, 6.07) is 2.00. The lowest BCUT2D eigenvalue weighted by molar-refractivity contribution is 0.0952. The van der Waals surface area contributed by atoms with Crippen molar-refractivity contribution in [1.29, 1.82) is 0 Å². The van der Waals surface area contributed by atoms with Gasteiger partial charge in [0.2, 0.25) is 5.16 Å². The fourth-order valence-corrected chi connectivity index (χ4v) is 2.59. The smallest absolute Gasteiger partial charge is 0.268 e. The molecule has 0 saturated heterocycles. The molecule has 0 unspecified atom stereocenters. The van der Waals surface area contributed by atoms with Crippen LogP contribution in [0.15, 0.2) is 21.9 Å². The number of nitrogens with one attached hydrogen (secondary N) is 1. The van der Waals surface area contributed by atoms with E-state index in [1.54, 1.807) is 6.07 Å². The van der Waals surface area contributed by atoms with Crippen LogP contribution in [0.4, 0.5) is 0 Å². The van der Waals surface area contributed by atoms with Gasteiger partial charge in [0, 0.05) is 0 Å². The monoisotopic (exact) mass is 280 g/mol. The number of thioether (sulfide) groups is 1. The van der Waals surface area contributed by atoms with E-state index in [2.05, 4.69) is 21.0 Å². The maximum Gasteiger partial charge on any atom is 0.268 e. The van der Waals surface area contributed by atoms with Crippen molar-refractivity contribution in [3.05, 3.63) is 23.7 Å². The van der Waals surface area contributed by atoms with E-state index >= 15 is 0 Å². The van der Waals surface area contributed by atoms with Gasteiger partial charge < -0.3 is 4.42 Å². The second-order valence-electron chi connectivity index (χ2n) is 4.16. The van der Waals surface area contributed by atoms with Gasteiger partial charge in [-0.15, -0.1) is 5.10 Å². The average molecular weight is 280 g/mol. The maximum absolute atomic E-state index is 11.5. The van der Waals surface area contributed by atoms with Crippen molar-refractivity contribution < 1.29 is 9.21 Å². The van der Waals surface area contributed by atoms with Crippen molar-refractivity contribution in [2.45, 2.75) is 29.8 Å². The second-order valence-corrected chi connectivity index (χ2v) is 5.10. The molecule has 1 aliphatic carbocycles. The van der Waals surface area contributed by atoms with Crippen molar-refractivity contribution in [3.63, 3.8) is 0 Å². The number of tetrazole rings is 1. The van der Waals surface area contributed by atoms with E-state index in [0.717, 1.165) is 18.0 Å². The van der Waals surface area contributed by atoms with Gasteiger partial charge in [-0.05, 0) is 29.3 Å². The second kappa shape index (κ2) is 5.02. The van der Waals surface area contributed by atoms with E-state index in [-0.39, 0.29) is 5.91 Å². The van der Waals surface area contributed by atoms with E-state index < -0.39 is 0 Å². The zero-order valence-electron chi connectivity index (χ0n) is 9.94. The molecule has 1 amide bonds. The van der Waals surface area contributed by atoms with Crippen LogP contribution in [0.5, 0.6) is 0 Å². The molecule has 2 heterocycles. The molecule has 0 atom stereocenters. The minimum Gasteiger partial charge on any atom is -0.468 e. The fraction of sp³-hybridized carbons (Fsp3) is 0.400. The Hall–Kier alpha value is -1.87. The van der Waals surface area contributed by atoms with Crippen molar-refractivity contribution >= 4 is 17.7 Å². The van der Waals surface area contributed by atoms with Crippen molar-refractivity contribution in [3.8, 4) is 0 Å². The van der Waals surface area contributed by atoms with Crippen LogP contribution in [0.25, 0.3) is 0 Å². The molecule has 0 radical (unpaired) electrons. The molecule has 1 saturated carbocycles. The summed E-state index contributed by atoms with van der Waals surface area (Å²) in [7, 11) is 0. The van der Waals surface area contributed by atoms with E-state index in [0.29, 0.717) is 23.1 Å². The Bertz CT molecular complexity index is 590. The number of furan rings is 1. The van der Waals surface area contributed by atoms with Gasteiger partial charge in [-0.2, -0.15) is 0 Å². The summed E-state index contributed by atoms with van der Waals surface area (Å²) in [5.74, 6) is 5.77. The number of carbonyl (C=O) groups is 1. The Morgan fingerprint density at radius 2 is 2.47 bits per heavy atom. The van der Waals surface area contributed by atoms with Crippen molar-refractivity contribution in [2.24, 2.45) is 5.84 Å². The highest BCUT2D eigenvalue weighted by molar-refractivity contribution is 7.98. The molecule has 9 heteroatoms. The Kier molecular flexibility index (Phi) is 3.22. The van der Waals surface area contributed by atoms with E-state index in [9.17, 15) is 4.79 Å². The summed E-state index contributed by atoms with van der Waals surface area (Å²) >= 11 is 1.43. The lowest BCUT2D eigenvalue weighted by Gasteiger charge is -2.02. The summed E-state index contributed by atoms with van der Waals surface area (Å²) in [6.07, 6.45) is 3.69. The van der Waals surface area contributed by atoms with Gasteiger partial charge in [0.05, 0.1) is 23.6 Å². The summed E-state index contributed by atoms with van der Waals surface area (Å²) in [6.45, 7) is 0. The van der Waals surface area contributed by atoms with Gasteiger partial charge >= 0.3 is 0 Å². The van der Waals surface area contributed by atoms with Gasteiger partial charge in [-0.25, -0.2) is 10.5 Å². The number of hydrazine groups is 1. The highest BCUT2D eigenvalue weighted by atomic mass is 32.2. The molecule has 1 aliphatic rings. The predicted octanol–water partition coefficient (Wildman–Crippen LogP) is 0.497. The van der Waals surface area contributed by atoms with Crippen LogP contribution in [0.3, 0.4) is 0 Å². The zero-order chi connectivity index (χ0) is 13.2. The topological polar surface area (TPSA) is 112 Å². The van der Waals surface area contributed by atoms with E-state index in [1.807, 2.05) is 4.68 Å². The molecule has 100 valence electrons. The molecule has 1 fully saturated rings. The third-order valence-electron chi connectivity index (χ3n) is 2.81. The number of rotatable bonds is 5. The molecule has 0 aromatic carbocycles. The number of nitrogens with two attached hydrogens (primary N) is 1. The molecule has 0 bridgehead atoms. The Balaban J connectivity index is 1.70. The van der Waals surface area contributed by atoms with E-state index in [1.165, 1.54) is 18.0 Å². The number of hydrogen-bond acceptors (Lipinski definition) is 7.